The summed E-state index contributed by atoms with van der Waals surface area (Å²) in [7, 11) is 1.82. The van der Waals surface area contributed by atoms with Gasteiger partial charge in [0.25, 0.3) is 0 Å². The summed E-state index contributed by atoms with van der Waals surface area (Å²) in [4.78, 5) is 18.3. The van der Waals surface area contributed by atoms with Crippen LogP contribution >= 0.6 is 0 Å². The van der Waals surface area contributed by atoms with E-state index in [0.29, 0.717) is 0 Å². The Morgan fingerprint density at radius 1 is 1.23 bits per heavy atom. The summed E-state index contributed by atoms with van der Waals surface area (Å²) in [5, 5.41) is 6.29. The fourth-order valence-corrected chi connectivity index (χ4v) is 2.43. The van der Waals surface area contributed by atoms with Gasteiger partial charge in [0.05, 0.1) is 0 Å². The van der Waals surface area contributed by atoms with Crippen LogP contribution in [0.15, 0.2) is 29.3 Å². The van der Waals surface area contributed by atoms with E-state index in [1.54, 1.807) is 0 Å². The Bertz CT molecular complexity index is 516. The molecular formula is C17H26N4O. The summed E-state index contributed by atoms with van der Waals surface area (Å²) in [6, 6.07) is 7.94. The topological polar surface area (TPSA) is 56.7 Å². The second-order valence-electron chi connectivity index (χ2n) is 5.94. The molecule has 0 bridgehead atoms. The van der Waals surface area contributed by atoms with Gasteiger partial charge in [-0.05, 0) is 30.5 Å². The first kappa shape index (κ1) is 16.3. The molecule has 1 aliphatic heterocycles. The van der Waals surface area contributed by atoms with Crippen molar-refractivity contribution in [3.05, 3.63) is 29.8 Å². The number of hydrogen-bond donors (Lipinski definition) is 2. The van der Waals surface area contributed by atoms with Crippen LogP contribution in [0.3, 0.4) is 0 Å². The quantitative estimate of drug-likeness (QED) is 0.663. The van der Waals surface area contributed by atoms with E-state index in [0.717, 1.165) is 31.3 Å². The molecule has 1 fully saturated rings. The van der Waals surface area contributed by atoms with Gasteiger partial charge in [0.1, 0.15) is 0 Å². The number of hydrogen-bond acceptors (Lipinski definition) is 2. The van der Waals surface area contributed by atoms with Gasteiger partial charge in [-0.2, -0.15) is 0 Å². The number of likely N-dealkylation sites (tertiary alicyclic amines) is 1. The minimum atomic E-state index is -0.00914. The molecule has 5 nitrogen and oxygen atoms in total. The van der Waals surface area contributed by atoms with Crippen LogP contribution in [-0.4, -0.2) is 36.9 Å². The van der Waals surface area contributed by atoms with Crippen molar-refractivity contribution in [2.45, 2.75) is 33.2 Å². The van der Waals surface area contributed by atoms with Crippen molar-refractivity contribution in [3.63, 3.8) is 0 Å². The Hall–Kier alpha value is -2.04. The lowest BCUT2D eigenvalue weighted by molar-refractivity contribution is -0.118. The maximum Gasteiger partial charge on any atom is 0.226 e. The molecule has 120 valence electrons. The monoisotopic (exact) mass is 302 g/mol. The van der Waals surface area contributed by atoms with Crippen molar-refractivity contribution in [1.82, 2.24) is 10.2 Å². The van der Waals surface area contributed by atoms with Crippen molar-refractivity contribution in [1.29, 1.82) is 0 Å². The predicted octanol–water partition coefficient (Wildman–Crippen LogP) is 2.45. The highest BCUT2D eigenvalue weighted by Gasteiger charge is 2.15. The molecule has 0 radical (unpaired) electrons. The van der Waals surface area contributed by atoms with Crippen LogP contribution in [0, 0.1) is 5.92 Å². The van der Waals surface area contributed by atoms with E-state index in [9.17, 15) is 4.79 Å². The minimum Gasteiger partial charge on any atom is -0.352 e. The molecule has 0 aromatic heterocycles. The Morgan fingerprint density at radius 2 is 1.86 bits per heavy atom. The van der Waals surface area contributed by atoms with Crippen molar-refractivity contribution < 1.29 is 4.79 Å². The molecular weight excluding hydrogens is 276 g/mol. The van der Waals surface area contributed by atoms with Crippen LogP contribution in [0.4, 0.5) is 5.69 Å². The third kappa shape index (κ3) is 4.48. The van der Waals surface area contributed by atoms with Gasteiger partial charge in [-0.3, -0.25) is 9.79 Å². The van der Waals surface area contributed by atoms with Crippen molar-refractivity contribution >= 4 is 17.6 Å². The fraction of sp³-hybridized carbons (Fsp3) is 0.529. The molecule has 0 spiro atoms. The summed E-state index contributed by atoms with van der Waals surface area (Å²) in [6.07, 6.45) is 2.48. The molecule has 1 aliphatic rings. The lowest BCUT2D eigenvalue weighted by atomic mass is 10.1. The Morgan fingerprint density at radius 3 is 2.41 bits per heavy atom. The molecule has 1 saturated heterocycles. The largest absolute Gasteiger partial charge is 0.352 e. The van der Waals surface area contributed by atoms with E-state index in [4.69, 9.17) is 0 Å². The van der Waals surface area contributed by atoms with Crippen LogP contribution < -0.4 is 10.6 Å². The molecule has 1 aromatic rings. The highest BCUT2D eigenvalue weighted by molar-refractivity contribution is 5.92. The lowest BCUT2D eigenvalue weighted by Crippen LogP contribution is -2.39. The van der Waals surface area contributed by atoms with E-state index >= 15 is 0 Å². The predicted molar refractivity (Wildman–Crippen MR) is 90.9 cm³/mol. The Balaban J connectivity index is 1.87. The number of nitrogens with zero attached hydrogens (tertiary/aromatic N) is 2. The SMILES string of the molecule is CN=C(NCc1ccc(NC(=O)C(C)C)cc1)N1CCCC1. The summed E-state index contributed by atoms with van der Waals surface area (Å²) in [6.45, 7) is 6.68. The second kappa shape index (κ2) is 7.82. The lowest BCUT2D eigenvalue weighted by Gasteiger charge is -2.20. The molecule has 0 saturated carbocycles. The zero-order chi connectivity index (χ0) is 15.9. The van der Waals surface area contributed by atoms with Crippen LogP contribution in [0.25, 0.3) is 0 Å². The van der Waals surface area contributed by atoms with Crippen molar-refractivity contribution in [2.75, 3.05) is 25.5 Å². The van der Waals surface area contributed by atoms with Crippen LogP contribution in [0.1, 0.15) is 32.3 Å². The Kier molecular flexibility index (Phi) is 5.81. The summed E-state index contributed by atoms with van der Waals surface area (Å²) in [5.41, 5.74) is 2.01. The van der Waals surface area contributed by atoms with E-state index in [2.05, 4.69) is 20.5 Å². The third-order valence-corrected chi connectivity index (χ3v) is 3.81. The van der Waals surface area contributed by atoms with Gasteiger partial charge in [-0.15, -0.1) is 0 Å². The van der Waals surface area contributed by atoms with Crippen LogP contribution in [-0.2, 0) is 11.3 Å². The first-order chi connectivity index (χ1) is 10.6. The normalized spacial score (nSPS) is 15.3. The number of anilines is 1. The van der Waals surface area contributed by atoms with Crippen molar-refractivity contribution in [2.24, 2.45) is 10.9 Å². The van der Waals surface area contributed by atoms with E-state index in [1.807, 2.05) is 45.2 Å². The molecule has 5 heteroatoms. The smallest absolute Gasteiger partial charge is 0.226 e. The molecule has 0 aliphatic carbocycles. The van der Waals surface area contributed by atoms with Gasteiger partial charge in [-0.25, -0.2) is 0 Å². The van der Waals surface area contributed by atoms with Gasteiger partial charge in [0, 0.05) is 38.3 Å². The highest BCUT2D eigenvalue weighted by atomic mass is 16.1. The van der Waals surface area contributed by atoms with Crippen molar-refractivity contribution in [3.8, 4) is 0 Å². The first-order valence-corrected chi connectivity index (χ1v) is 7.95. The minimum absolute atomic E-state index is 0.00914. The number of carbonyl (C=O) groups excluding carboxylic acids is 1. The summed E-state index contributed by atoms with van der Waals surface area (Å²) >= 11 is 0. The summed E-state index contributed by atoms with van der Waals surface area (Å²) < 4.78 is 0. The maximum absolute atomic E-state index is 11.7. The number of aliphatic imine (C=N–C) groups is 1. The molecule has 0 atom stereocenters. The number of rotatable bonds is 4. The number of carbonyl (C=O) groups is 1. The fourth-order valence-electron chi connectivity index (χ4n) is 2.43. The highest BCUT2D eigenvalue weighted by Crippen LogP contribution is 2.12. The molecule has 2 N–H and O–H groups in total. The first-order valence-electron chi connectivity index (χ1n) is 7.95. The average molecular weight is 302 g/mol. The average Bonchev–Trinajstić information content (AvgIpc) is 3.03. The molecule has 22 heavy (non-hydrogen) atoms. The molecule has 0 unspecified atom stereocenters. The second-order valence-corrected chi connectivity index (χ2v) is 5.94. The van der Waals surface area contributed by atoms with E-state index < -0.39 is 0 Å². The van der Waals surface area contributed by atoms with Gasteiger partial charge in [0.15, 0.2) is 5.96 Å². The third-order valence-electron chi connectivity index (χ3n) is 3.81. The number of nitrogens with one attached hydrogen (secondary N) is 2. The van der Waals surface area contributed by atoms with Gasteiger partial charge >= 0.3 is 0 Å². The number of benzene rings is 1. The number of guanidine groups is 1. The Labute approximate surface area is 132 Å². The standard InChI is InChI=1S/C17H26N4O/c1-13(2)16(22)20-15-8-6-14(7-9-15)12-19-17(18-3)21-10-4-5-11-21/h6-9,13H,4-5,10-12H2,1-3H3,(H,18,19)(H,20,22). The molecule has 2 rings (SSSR count). The molecule has 1 aromatic carbocycles. The maximum atomic E-state index is 11.7. The molecule has 1 amide bonds. The number of amides is 1. The van der Waals surface area contributed by atoms with Crippen LogP contribution in [0.5, 0.6) is 0 Å². The van der Waals surface area contributed by atoms with Gasteiger partial charge in [-0.1, -0.05) is 26.0 Å². The van der Waals surface area contributed by atoms with Gasteiger partial charge in [0.2, 0.25) is 5.91 Å². The van der Waals surface area contributed by atoms with Gasteiger partial charge < -0.3 is 15.5 Å². The summed E-state index contributed by atoms with van der Waals surface area (Å²) in [5.74, 6) is 1.00. The van der Waals surface area contributed by atoms with Crippen LogP contribution in [0.2, 0.25) is 0 Å². The van der Waals surface area contributed by atoms with E-state index in [1.165, 1.54) is 18.4 Å². The van der Waals surface area contributed by atoms with E-state index in [-0.39, 0.29) is 11.8 Å². The molecule has 1 heterocycles. The zero-order valence-electron chi connectivity index (χ0n) is 13.7. The zero-order valence-corrected chi connectivity index (χ0v) is 13.7.